The van der Waals surface area contributed by atoms with Crippen LogP contribution in [0, 0.1) is 0 Å². The van der Waals surface area contributed by atoms with Gasteiger partial charge < -0.3 is 0 Å². The number of nitrogens with zero attached hydrogens (tertiary/aromatic N) is 3. The molecule has 1 aromatic heterocycles. The maximum Gasteiger partial charge on any atom is 0.283 e. The van der Waals surface area contributed by atoms with E-state index in [1.165, 1.54) is 10.9 Å². The molecule has 0 aliphatic carbocycles. The quantitative estimate of drug-likeness (QED) is 0.662. The molecule has 62 valence electrons. The average Bonchev–Trinajstić information content (AvgIpc) is 2.33. The Bertz CT molecular complexity index is 209. The highest BCUT2D eigenvalue weighted by Crippen LogP contribution is 2.15. The highest BCUT2D eigenvalue weighted by atomic mass is 19.3. The third kappa shape index (κ3) is 1.72. The first-order valence-electron chi connectivity index (χ1n) is 3.31. The Labute approximate surface area is 63.0 Å². The van der Waals surface area contributed by atoms with Gasteiger partial charge in [-0.2, -0.15) is 0 Å². The highest BCUT2D eigenvalue weighted by molar-refractivity contribution is 4.93. The Hall–Kier alpha value is -1.00. The zero-order valence-corrected chi connectivity index (χ0v) is 6.33. The van der Waals surface area contributed by atoms with Crippen molar-refractivity contribution in [3.8, 4) is 0 Å². The van der Waals surface area contributed by atoms with E-state index in [0.717, 1.165) is 0 Å². The van der Waals surface area contributed by atoms with E-state index in [1.807, 2.05) is 13.8 Å². The number of halogens is 2. The highest BCUT2D eigenvalue weighted by Gasteiger charge is 2.12. The van der Waals surface area contributed by atoms with E-state index in [4.69, 9.17) is 0 Å². The first-order chi connectivity index (χ1) is 5.11. The molecule has 0 spiro atoms. The fourth-order valence-corrected chi connectivity index (χ4v) is 0.643. The van der Waals surface area contributed by atoms with Crippen LogP contribution in [0.15, 0.2) is 6.20 Å². The number of hydrogen-bond donors (Lipinski definition) is 0. The van der Waals surface area contributed by atoms with Crippen LogP contribution in [-0.4, -0.2) is 15.0 Å². The molecule has 0 saturated heterocycles. The van der Waals surface area contributed by atoms with E-state index in [-0.39, 0.29) is 11.7 Å². The Morgan fingerprint density at radius 3 is 2.36 bits per heavy atom. The molecule has 0 saturated carbocycles. The van der Waals surface area contributed by atoms with Gasteiger partial charge in [0.2, 0.25) is 0 Å². The van der Waals surface area contributed by atoms with Crippen molar-refractivity contribution in [1.82, 2.24) is 15.0 Å². The van der Waals surface area contributed by atoms with E-state index in [9.17, 15) is 8.78 Å². The molecule has 5 heteroatoms. The van der Waals surface area contributed by atoms with E-state index in [2.05, 4.69) is 10.3 Å². The molecule has 0 radical (unpaired) electrons. The van der Waals surface area contributed by atoms with Crippen molar-refractivity contribution in [2.45, 2.75) is 26.3 Å². The van der Waals surface area contributed by atoms with E-state index >= 15 is 0 Å². The Morgan fingerprint density at radius 2 is 2.09 bits per heavy atom. The topological polar surface area (TPSA) is 30.7 Å². The van der Waals surface area contributed by atoms with Crippen LogP contribution in [0.25, 0.3) is 0 Å². The lowest BCUT2D eigenvalue weighted by molar-refractivity contribution is 0.146. The van der Waals surface area contributed by atoms with Gasteiger partial charge in [0.15, 0.2) is 0 Å². The number of aromatic nitrogens is 3. The van der Waals surface area contributed by atoms with Gasteiger partial charge in [0.25, 0.3) is 6.43 Å². The predicted molar refractivity (Wildman–Crippen MR) is 35.4 cm³/mol. The normalized spacial score (nSPS) is 11.5. The van der Waals surface area contributed by atoms with Crippen molar-refractivity contribution < 1.29 is 8.78 Å². The molecule has 0 aliphatic heterocycles. The van der Waals surface area contributed by atoms with Crippen LogP contribution in [0.2, 0.25) is 0 Å². The second-order valence-corrected chi connectivity index (χ2v) is 2.52. The van der Waals surface area contributed by atoms with E-state index in [1.54, 1.807) is 0 Å². The molecule has 0 amide bonds. The zero-order chi connectivity index (χ0) is 8.43. The molecular weight excluding hydrogens is 152 g/mol. The SMILES string of the molecule is CC(C)n1cc(C(F)F)nn1. The minimum absolute atomic E-state index is 0.0787. The van der Waals surface area contributed by atoms with Gasteiger partial charge in [0.05, 0.1) is 6.20 Å². The third-order valence-corrected chi connectivity index (χ3v) is 1.28. The first-order valence-corrected chi connectivity index (χ1v) is 3.31. The van der Waals surface area contributed by atoms with Crippen molar-refractivity contribution >= 4 is 0 Å². The van der Waals surface area contributed by atoms with Gasteiger partial charge in [-0.15, -0.1) is 5.10 Å². The van der Waals surface area contributed by atoms with Crippen LogP contribution in [0.3, 0.4) is 0 Å². The molecule has 1 heterocycles. The maximum absolute atomic E-state index is 11.9. The molecule has 3 nitrogen and oxygen atoms in total. The molecule has 0 aromatic carbocycles. The molecule has 0 fully saturated rings. The fourth-order valence-electron chi connectivity index (χ4n) is 0.643. The lowest BCUT2D eigenvalue weighted by atomic mass is 10.4. The molecule has 0 atom stereocenters. The van der Waals surface area contributed by atoms with E-state index in [0.29, 0.717) is 0 Å². The Kier molecular flexibility index (Phi) is 2.16. The van der Waals surface area contributed by atoms with Crippen LogP contribution >= 0.6 is 0 Å². The summed E-state index contributed by atoms with van der Waals surface area (Å²) in [6.07, 6.45) is -1.27. The predicted octanol–water partition coefficient (Wildman–Crippen LogP) is 1.80. The van der Waals surface area contributed by atoms with Crippen molar-refractivity contribution in [1.29, 1.82) is 0 Å². The minimum atomic E-state index is -2.53. The second-order valence-electron chi connectivity index (χ2n) is 2.52. The van der Waals surface area contributed by atoms with Gasteiger partial charge in [-0.3, -0.25) is 0 Å². The van der Waals surface area contributed by atoms with Gasteiger partial charge >= 0.3 is 0 Å². The van der Waals surface area contributed by atoms with Crippen molar-refractivity contribution in [2.75, 3.05) is 0 Å². The molecule has 11 heavy (non-hydrogen) atoms. The zero-order valence-electron chi connectivity index (χ0n) is 6.33. The average molecular weight is 161 g/mol. The molecule has 0 aliphatic rings. The van der Waals surface area contributed by atoms with Gasteiger partial charge in [0, 0.05) is 6.04 Å². The summed E-state index contributed by atoms with van der Waals surface area (Å²) in [5.74, 6) is 0. The summed E-state index contributed by atoms with van der Waals surface area (Å²) in [6.45, 7) is 3.70. The second kappa shape index (κ2) is 2.94. The van der Waals surface area contributed by atoms with Crippen molar-refractivity contribution in [3.05, 3.63) is 11.9 Å². The summed E-state index contributed by atoms with van der Waals surface area (Å²) in [7, 11) is 0. The molecule has 1 aromatic rings. The molecule has 1 rings (SSSR count). The summed E-state index contributed by atoms with van der Waals surface area (Å²) < 4.78 is 25.3. The number of hydrogen-bond acceptors (Lipinski definition) is 2. The van der Waals surface area contributed by atoms with Crippen LogP contribution in [-0.2, 0) is 0 Å². The smallest absolute Gasteiger partial charge is 0.250 e. The first kappa shape index (κ1) is 8.10. The molecule has 0 bridgehead atoms. The monoisotopic (exact) mass is 161 g/mol. The Morgan fingerprint density at radius 1 is 1.45 bits per heavy atom. The van der Waals surface area contributed by atoms with Crippen LogP contribution < -0.4 is 0 Å². The molecular formula is C6H9F2N3. The summed E-state index contributed by atoms with van der Waals surface area (Å²) in [5, 5.41) is 6.82. The van der Waals surface area contributed by atoms with Gasteiger partial charge in [-0.25, -0.2) is 13.5 Å². The van der Waals surface area contributed by atoms with Crippen LogP contribution in [0.4, 0.5) is 8.78 Å². The summed E-state index contributed by atoms with van der Waals surface area (Å²) in [4.78, 5) is 0. The van der Waals surface area contributed by atoms with Crippen molar-refractivity contribution in [2.24, 2.45) is 0 Å². The minimum Gasteiger partial charge on any atom is -0.250 e. The van der Waals surface area contributed by atoms with Gasteiger partial charge in [-0.1, -0.05) is 5.21 Å². The maximum atomic E-state index is 11.9. The molecule has 0 unspecified atom stereocenters. The van der Waals surface area contributed by atoms with Crippen LogP contribution in [0.1, 0.15) is 32.0 Å². The largest absolute Gasteiger partial charge is 0.283 e. The summed E-state index contributed by atoms with van der Waals surface area (Å²) in [5.41, 5.74) is -0.265. The van der Waals surface area contributed by atoms with Crippen LogP contribution in [0.5, 0.6) is 0 Å². The summed E-state index contributed by atoms with van der Waals surface area (Å²) >= 11 is 0. The van der Waals surface area contributed by atoms with Crippen molar-refractivity contribution in [3.63, 3.8) is 0 Å². The Balaban J connectivity index is 2.82. The van der Waals surface area contributed by atoms with E-state index < -0.39 is 6.43 Å². The fraction of sp³-hybridized carbons (Fsp3) is 0.667. The lowest BCUT2D eigenvalue weighted by Crippen LogP contribution is -2.00. The molecule has 0 N–H and O–H groups in total. The number of alkyl halides is 2. The van der Waals surface area contributed by atoms with Gasteiger partial charge in [-0.05, 0) is 13.8 Å². The standard InChI is InChI=1S/C6H9F2N3/c1-4(2)11-3-5(6(7)8)9-10-11/h3-4,6H,1-2H3. The summed E-state index contributed by atoms with van der Waals surface area (Å²) in [6, 6.07) is 0.0787. The third-order valence-electron chi connectivity index (χ3n) is 1.28. The lowest BCUT2D eigenvalue weighted by Gasteiger charge is -2.00. The van der Waals surface area contributed by atoms with Gasteiger partial charge in [0.1, 0.15) is 5.69 Å². The number of rotatable bonds is 2.